The molecule has 8 heteroatoms. The smallest absolute Gasteiger partial charge is 0.344 e. The fourth-order valence-electron chi connectivity index (χ4n) is 2.24. The lowest BCUT2D eigenvalue weighted by atomic mass is 9.97. The lowest BCUT2D eigenvalue weighted by Gasteiger charge is -2.26. The van der Waals surface area contributed by atoms with Crippen LogP contribution in [0.4, 0.5) is 0 Å². The van der Waals surface area contributed by atoms with Crippen LogP contribution >= 0.6 is 11.8 Å². The van der Waals surface area contributed by atoms with E-state index in [0.717, 1.165) is 12.8 Å². The Bertz CT molecular complexity index is 564. The van der Waals surface area contributed by atoms with Crippen molar-refractivity contribution in [3.05, 3.63) is 10.5 Å². The van der Waals surface area contributed by atoms with Crippen molar-refractivity contribution in [3.63, 3.8) is 0 Å². The molecule has 2 rings (SSSR count). The molecule has 1 aromatic heterocycles. The molecule has 1 unspecified atom stereocenters. The van der Waals surface area contributed by atoms with Crippen molar-refractivity contribution in [1.82, 2.24) is 14.8 Å². The van der Waals surface area contributed by atoms with E-state index in [1.54, 1.807) is 11.5 Å². The van der Waals surface area contributed by atoms with Crippen molar-refractivity contribution in [2.45, 2.75) is 50.4 Å². The standard InChI is InChI=1S/C13H22N4O3S/c1-4-20-10(18)13(14,9-5-6-9)7-21-12-16-15-11(19)17(12)8(2)3/h8-9H,4-7,14H2,1-3H3,(H,15,19). The second-order valence-corrected chi connectivity index (χ2v) is 6.54. The van der Waals surface area contributed by atoms with Crippen LogP contribution < -0.4 is 11.4 Å². The molecule has 1 aromatic rings. The molecular formula is C13H22N4O3S. The number of aromatic nitrogens is 3. The van der Waals surface area contributed by atoms with Crippen molar-refractivity contribution in [2.75, 3.05) is 12.4 Å². The first-order chi connectivity index (χ1) is 9.90. The van der Waals surface area contributed by atoms with Gasteiger partial charge in [-0.2, -0.15) is 0 Å². The summed E-state index contributed by atoms with van der Waals surface area (Å²) < 4.78 is 6.66. The largest absolute Gasteiger partial charge is 0.465 e. The Hall–Kier alpha value is -1.28. The molecular weight excluding hydrogens is 292 g/mol. The predicted octanol–water partition coefficient (Wildman–Crippen LogP) is 0.915. The number of nitrogens with one attached hydrogen (secondary N) is 1. The lowest BCUT2D eigenvalue weighted by Crippen LogP contribution is -2.53. The minimum absolute atomic E-state index is 0.00515. The summed E-state index contributed by atoms with van der Waals surface area (Å²) in [5.41, 5.74) is 5.04. The van der Waals surface area contributed by atoms with E-state index in [1.807, 2.05) is 13.8 Å². The lowest BCUT2D eigenvalue weighted by molar-refractivity contribution is -0.149. The van der Waals surface area contributed by atoms with Crippen LogP contribution in [0.2, 0.25) is 0 Å². The number of rotatable bonds is 7. The van der Waals surface area contributed by atoms with Gasteiger partial charge in [0.05, 0.1) is 6.61 Å². The molecule has 3 N–H and O–H groups in total. The van der Waals surface area contributed by atoms with Crippen molar-refractivity contribution >= 4 is 17.7 Å². The Morgan fingerprint density at radius 1 is 1.62 bits per heavy atom. The average molecular weight is 314 g/mol. The molecule has 1 saturated carbocycles. The number of aromatic amines is 1. The molecule has 1 heterocycles. The molecule has 118 valence electrons. The Kier molecular flexibility index (Phi) is 4.77. The van der Waals surface area contributed by atoms with E-state index in [9.17, 15) is 9.59 Å². The summed E-state index contributed by atoms with van der Waals surface area (Å²) in [4.78, 5) is 23.8. The van der Waals surface area contributed by atoms with Crippen molar-refractivity contribution in [1.29, 1.82) is 0 Å². The van der Waals surface area contributed by atoms with Gasteiger partial charge in [0.1, 0.15) is 5.54 Å². The first-order valence-electron chi connectivity index (χ1n) is 7.16. The number of H-pyrrole nitrogens is 1. The van der Waals surface area contributed by atoms with Gasteiger partial charge in [0, 0.05) is 11.8 Å². The molecule has 1 atom stereocenters. The van der Waals surface area contributed by atoms with Gasteiger partial charge in [0.25, 0.3) is 0 Å². The number of nitrogens with zero attached hydrogens (tertiary/aromatic N) is 2. The fourth-order valence-corrected chi connectivity index (χ4v) is 3.50. The number of ether oxygens (including phenoxy) is 1. The summed E-state index contributed by atoms with van der Waals surface area (Å²) in [5, 5.41) is 6.99. The van der Waals surface area contributed by atoms with Crippen LogP contribution in [-0.4, -0.2) is 38.6 Å². The van der Waals surface area contributed by atoms with E-state index in [2.05, 4.69) is 10.2 Å². The van der Waals surface area contributed by atoms with Crippen LogP contribution in [-0.2, 0) is 9.53 Å². The second-order valence-electron chi connectivity index (χ2n) is 5.60. The zero-order chi connectivity index (χ0) is 15.6. The van der Waals surface area contributed by atoms with Gasteiger partial charge in [0.15, 0.2) is 5.16 Å². The number of thioether (sulfide) groups is 1. The number of carbonyl (C=O) groups is 1. The molecule has 0 saturated heterocycles. The van der Waals surface area contributed by atoms with Crippen molar-refractivity contribution < 1.29 is 9.53 Å². The maximum Gasteiger partial charge on any atom is 0.344 e. The number of esters is 1. The van der Waals surface area contributed by atoms with Crippen molar-refractivity contribution in [2.24, 2.45) is 11.7 Å². The number of hydrogen-bond donors (Lipinski definition) is 2. The highest BCUT2D eigenvalue weighted by Crippen LogP contribution is 2.41. The van der Waals surface area contributed by atoms with E-state index in [-0.39, 0.29) is 23.6 Å². The molecule has 0 aromatic carbocycles. The van der Waals surface area contributed by atoms with Crippen LogP contribution in [0.25, 0.3) is 0 Å². The van der Waals surface area contributed by atoms with E-state index in [0.29, 0.717) is 17.5 Å². The van der Waals surface area contributed by atoms with Crippen molar-refractivity contribution in [3.8, 4) is 0 Å². The van der Waals surface area contributed by atoms with Gasteiger partial charge in [-0.15, -0.1) is 5.10 Å². The van der Waals surface area contributed by atoms with E-state index < -0.39 is 5.54 Å². The van der Waals surface area contributed by atoms with Crippen LogP contribution in [0.3, 0.4) is 0 Å². The van der Waals surface area contributed by atoms with Gasteiger partial charge < -0.3 is 10.5 Å². The monoisotopic (exact) mass is 314 g/mol. The summed E-state index contributed by atoms with van der Waals surface area (Å²) in [5.74, 6) is 0.143. The Labute approximate surface area is 127 Å². The molecule has 1 aliphatic carbocycles. The normalized spacial score (nSPS) is 17.8. The van der Waals surface area contributed by atoms with Gasteiger partial charge in [-0.1, -0.05) is 11.8 Å². The Morgan fingerprint density at radius 2 is 2.29 bits per heavy atom. The van der Waals surface area contributed by atoms with Gasteiger partial charge >= 0.3 is 11.7 Å². The van der Waals surface area contributed by atoms with Crippen LogP contribution in [0.15, 0.2) is 9.95 Å². The predicted molar refractivity (Wildman–Crippen MR) is 80.2 cm³/mol. The summed E-state index contributed by atoms with van der Waals surface area (Å²) >= 11 is 1.32. The summed E-state index contributed by atoms with van der Waals surface area (Å²) in [6.45, 7) is 5.89. The zero-order valence-electron chi connectivity index (χ0n) is 12.6. The maximum absolute atomic E-state index is 12.1. The van der Waals surface area contributed by atoms with Crippen LogP contribution in [0.1, 0.15) is 39.7 Å². The third-order valence-corrected chi connectivity index (χ3v) is 4.76. The molecule has 0 bridgehead atoms. The third-order valence-electron chi connectivity index (χ3n) is 3.59. The number of hydrogen-bond acceptors (Lipinski definition) is 6. The Morgan fingerprint density at radius 3 is 2.81 bits per heavy atom. The first-order valence-corrected chi connectivity index (χ1v) is 8.14. The SMILES string of the molecule is CCOC(=O)C(N)(CSc1n[nH]c(=O)n1C(C)C)C1CC1. The van der Waals surface area contributed by atoms with Gasteiger partial charge in [-0.3, -0.25) is 9.36 Å². The summed E-state index contributed by atoms with van der Waals surface area (Å²) in [6.07, 6.45) is 1.88. The Balaban J connectivity index is 2.13. The minimum Gasteiger partial charge on any atom is -0.465 e. The molecule has 0 spiro atoms. The number of carbonyl (C=O) groups excluding carboxylic acids is 1. The van der Waals surface area contributed by atoms with Gasteiger partial charge in [-0.25, -0.2) is 9.89 Å². The highest BCUT2D eigenvalue weighted by atomic mass is 32.2. The quantitative estimate of drug-likeness (QED) is 0.573. The second kappa shape index (κ2) is 6.23. The fraction of sp³-hybridized carbons (Fsp3) is 0.769. The maximum atomic E-state index is 12.1. The summed E-state index contributed by atoms with van der Waals surface area (Å²) in [7, 11) is 0. The van der Waals surface area contributed by atoms with Gasteiger partial charge in [-0.05, 0) is 39.5 Å². The molecule has 21 heavy (non-hydrogen) atoms. The molecule has 0 aliphatic heterocycles. The first kappa shape index (κ1) is 16.1. The zero-order valence-corrected chi connectivity index (χ0v) is 13.4. The molecule has 0 radical (unpaired) electrons. The topological polar surface area (TPSA) is 103 Å². The highest BCUT2D eigenvalue weighted by molar-refractivity contribution is 7.99. The minimum atomic E-state index is -1.00. The van der Waals surface area contributed by atoms with E-state index >= 15 is 0 Å². The molecule has 0 amide bonds. The highest BCUT2D eigenvalue weighted by Gasteiger charge is 2.49. The molecule has 7 nitrogen and oxygen atoms in total. The van der Waals surface area contributed by atoms with Crippen LogP contribution in [0, 0.1) is 5.92 Å². The van der Waals surface area contributed by atoms with E-state index in [4.69, 9.17) is 10.5 Å². The van der Waals surface area contributed by atoms with E-state index in [1.165, 1.54) is 11.8 Å². The van der Waals surface area contributed by atoms with Crippen LogP contribution in [0.5, 0.6) is 0 Å². The third kappa shape index (κ3) is 3.32. The molecule has 1 aliphatic rings. The van der Waals surface area contributed by atoms with Gasteiger partial charge in [0.2, 0.25) is 0 Å². The molecule has 1 fully saturated rings. The summed E-state index contributed by atoms with van der Waals surface area (Å²) in [6, 6.07) is -0.00515. The average Bonchev–Trinajstić information content (AvgIpc) is 3.20. The number of nitrogens with two attached hydrogens (primary N) is 1.